The van der Waals surface area contributed by atoms with E-state index in [1.54, 1.807) is 6.92 Å². The zero-order chi connectivity index (χ0) is 20.7. The number of carbonyl (C=O) groups is 4. The molecule has 0 radical (unpaired) electrons. The van der Waals surface area contributed by atoms with Gasteiger partial charge in [0.15, 0.2) is 5.12 Å². The maximum Gasteiger partial charge on any atom is 0.328 e. The molecule has 1 aromatic rings. The Morgan fingerprint density at radius 3 is 2.54 bits per heavy atom. The van der Waals surface area contributed by atoms with Crippen molar-refractivity contribution in [3.05, 3.63) is 35.9 Å². The van der Waals surface area contributed by atoms with Gasteiger partial charge in [-0.2, -0.15) is 0 Å². The molecule has 0 spiro atoms. The van der Waals surface area contributed by atoms with E-state index in [4.69, 9.17) is 4.74 Å². The van der Waals surface area contributed by atoms with Gasteiger partial charge in [0.1, 0.15) is 12.1 Å². The molecule has 8 heteroatoms. The summed E-state index contributed by atoms with van der Waals surface area (Å²) in [5.74, 6) is -1.15. The highest BCUT2D eigenvalue weighted by atomic mass is 32.2. The quantitative estimate of drug-likeness (QED) is 0.691. The van der Waals surface area contributed by atoms with Crippen LogP contribution < -0.4 is 5.32 Å². The van der Waals surface area contributed by atoms with E-state index in [2.05, 4.69) is 5.32 Å². The monoisotopic (exact) mass is 406 g/mol. The highest BCUT2D eigenvalue weighted by Gasteiger charge is 2.37. The van der Waals surface area contributed by atoms with Gasteiger partial charge in [0.25, 0.3) is 0 Å². The lowest BCUT2D eigenvalue weighted by molar-refractivity contribution is -0.151. The molecule has 1 aliphatic heterocycles. The van der Waals surface area contributed by atoms with Crippen LogP contribution >= 0.6 is 11.8 Å². The third-order valence-electron chi connectivity index (χ3n) is 4.60. The Labute approximate surface area is 169 Å². The van der Waals surface area contributed by atoms with Crippen LogP contribution in [0.25, 0.3) is 0 Å². The second-order valence-corrected chi connectivity index (χ2v) is 8.11. The van der Waals surface area contributed by atoms with Gasteiger partial charge >= 0.3 is 5.97 Å². The first-order chi connectivity index (χ1) is 13.3. The van der Waals surface area contributed by atoms with Crippen molar-refractivity contribution < 1.29 is 23.9 Å². The third-order valence-corrected chi connectivity index (χ3v) is 5.60. The molecule has 1 aliphatic rings. The van der Waals surface area contributed by atoms with Gasteiger partial charge in [-0.3, -0.25) is 14.4 Å². The Morgan fingerprint density at radius 1 is 1.25 bits per heavy atom. The predicted molar refractivity (Wildman–Crippen MR) is 107 cm³/mol. The van der Waals surface area contributed by atoms with Crippen molar-refractivity contribution in [2.45, 2.75) is 50.4 Å². The number of carbonyl (C=O) groups excluding carboxylic acids is 4. The minimum absolute atomic E-state index is 0.166. The van der Waals surface area contributed by atoms with Gasteiger partial charge in [-0.05, 0) is 31.7 Å². The van der Waals surface area contributed by atoms with Crippen molar-refractivity contribution in [2.24, 2.45) is 0 Å². The van der Waals surface area contributed by atoms with Crippen LogP contribution in [0.3, 0.4) is 0 Å². The van der Waals surface area contributed by atoms with E-state index in [-0.39, 0.29) is 16.9 Å². The van der Waals surface area contributed by atoms with Crippen molar-refractivity contribution in [1.29, 1.82) is 0 Å². The predicted octanol–water partition coefficient (Wildman–Crippen LogP) is 1.55. The molecule has 2 rings (SSSR count). The SMILES string of the molecule is COC(=O)[C@@H]1CCCN1C(=O)[C@H](C)NC(=O)[C@@H](Cc1ccccc1)SC(C)=O. The number of benzene rings is 1. The number of amides is 2. The summed E-state index contributed by atoms with van der Waals surface area (Å²) in [7, 11) is 1.29. The van der Waals surface area contributed by atoms with E-state index >= 15 is 0 Å². The van der Waals surface area contributed by atoms with Crippen LogP contribution in [0.5, 0.6) is 0 Å². The lowest BCUT2D eigenvalue weighted by Crippen LogP contribution is -2.52. The highest BCUT2D eigenvalue weighted by molar-refractivity contribution is 8.14. The van der Waals surface area contributed by atoms with Crippen LogP contribution in [0.2, 0.25) is 0 Å². The Balaban J connectivity index is 2.03. The van der Waals surface area contributed by atoms with Crippen molar-refractivity contribution in [3.63, 3.8) is 0 Å². The molecule has 7 nitrogen and oxygen atoms in total. The normalized spacial score (nSPS) is 18.2. The van der Waals surface area contributed by atoms with Crippen LogP contribution in [-0.4, -0.2) is 58.8 Å². The van der Waals surface area contributed by atoms with Crippen LogP contribution in [0.1, 0.15) is 32.3 Å². The minimum Gasteiger partial charge on any atom is -0.467 e. The van der Waals surface area contributed by atoms with E-state index in [0.717, 1.165) is 17.3 Å². The Bertz CT molecular complexity index is 725. The van der Waals surface area contributed by atoms with Crippen molar-refractivity contribution in [2.75, 3.05) is 13.7 Å². The molecule has 1 N–H and O–H groups in total. The first kappa shape index (κ1) is 21.9. The zero-order valence-electron chi connectivity index (χ0n) is 16.3. The molecule has 3 atom stereocenters. The zero-order valence-corrected chi connectivity index (χ0v) is 17.2. The molecule has 0 aliphatic carbocycles. The number of thioether (sulfide) groups is 1. The lowest BCUT2D eigenvalue weighted by atomic mass is 10.1. The van der Waals surface area contributed by atoms with E-state index in [9.17, 15) is 19.2 Å². The minimum atomic E-state index is -0.802. The van der Waals surface area contributed by atoms with E-state index in [1.807, 2.05) is 30.3 Å². The van der Waals surface area contributed by atoms with Crippen molar-refractivity contribution in [3.8, 4) is 0 Å². The van der Waals surface area contributed by atoms with E-state index in [0.29, 0.717) is 25.8 Å². The van der Waals surface area contributed by atoms with Gasteiger partial charge < -0.3 is 15.0 Å². The molecule has 152 valence electrons. The van der Waals surface area contributed by atoms with E-state index in [1.165, 1.54) is 18.9 Å². The Hall–Kier alpha value is -2.35. The molecule has 0 aromatic heterocycles. The number of methoxy groups -OCH3 is 1. The maximum atomic E-state index is 12.7. The number of ether oxygens (including phenoxy) is 1. The summed E-state index contributed by atoms with van der Waals surface area (Å²) in [5.41, 5.74) is 0.931. The molecule has 2 amide bonds. The summed E-state index contributed by atoms with van der Waals surface area (Å²) in [6, 6.07) is 7.99. The second-order valence-electron chi connectivity index (χ2n) is 6.73. The Morgan fingerprint density at radius 2 is 1.93 bits per heavy atom. The summed E-state index contributed by atoms with van der Waals surface area (Å²) in [6.07, 6.45) is 1.64. The molecule has 1 heterocycles. The topological polar surface area (TPSA) is 92.8 Å². The number of rotatable bonds is 7. The molecule has 1 fully saturated rings. The summed E-state index contributed by atoms with van der Waals surface area (Å²) in [4.78, 5) is 50.4. The number of likely N-dealkylation sites (tertiary alicyclic amines) is 1. The van der Waals surface area contributed by atoms with Gasteiger partial charge in [-0.15, -0.1) is 0 Å². The summed E-state index contributed by atoms with van der Waals surface area (Å²) >= 11 is 0.948. The van der Waals surface area contributed by atoms with Crippen LogP contribution in [0, 0.1) is 0 Å². The molecule has 0 unspecified atom stereocenters. The molecule has 28 heavy (non-hydrogen) atoms. The average Bonchev–Trinajstić information content (AvgIpc) is 3.16. The molecule has 1 aromatic carbocycles. The molecule has 0 saturated carbocycles. The van der Waals surface area contributed by atoms with Gasteiger partial charge in [-0.1, -0.05) is 42.1 Å². The van der Waals surface area contributed by atoms with Crippen LogP contribution in [0.4, 0.5) is 0 Å². The number of hydrogen-bond donors (Lipinski definition) is 1. The number of hydrogen-bond acceptors (Lipinski definition) is 6. The first-order valence-electron chi connectivity index (χ1n) is 9.23. The molecule has 0 bridgehead atoms. The van der Waals surface area contributed by atoms with Gasteiger partial charge in [0, 0.05) is 13.5 Å². The second kappa shape index (κ2) is 10.3. The van der Waals surface area contributed by atoms with Crippen molar-refractivity contribution >= 4 is 34.7 Å². The lowest BCUT2D eigenvalue weighted by Gasteiger charge is -2.27. The number of nitrogens with one attached hydrogen (secondary N) is 1. The first-order valence-corrected chi connectivity index (χ1v) is 10.1. The van der Waals surface area contributed by atoms with E-state index < -0.39 is 23.3 Å². The Kier molecular flexibility index (Phi) is 8.04. The standard InChI is InChI=1S/C20H26N2O5S/c1-13(19(25)22-11-7-10-16(22)20(26)27-3)21-18(24)17(28-14(2)23)12-15-8-5-4-6-9-15/h4-6,8-9,13,16-17H,7,10-12H2,1-3H3,(H,21,24)/t13-,16-,17+/m0/s1. The third kappa shape index (κ3) is 5.82. The molecule has 1 saturated heterocycles. The maximum absolute atomic E-state index is 12.7. The summed E-state index contributed by atoms with van der Waals surface area (Å²) < 4.78 is 4.76. The molecular formula is C20H26N2O5S. The highest BCUT2D eigenvalue weighted by Crippen LogP contribution is 2.21. The van der Waals surface area contributed by atoms with Crippen LogP contribution in [-0.2, 0) is 30.3 Å². The smallest absolute Gasteiger partial charge is 0.328 e. The van der Waals surface area contributed by atoms with Gasteiger partial charge in [-0.25, -0.2) is 4.79 Å². The van der Waals surface area contributed by atoms with Gasteiger partial charge in [0.05, 0.1) is 12.4 Å². The van der Waals surface area contributed by atoms with Crippen LogP contribution in [0.15, 0.2) is 30.3 Å². The largest absolute Gasteiger partial charge is 0.467 e. The fourth-order valence-electron chi connectivity index (χ4n) is 3.24. The van der Waals surface area contributed by atoms with Crippen molar-refractivity contribution in [1.82, 2.24) is 10.2 Å². The number of nitrogens with zero attached hydrogens (tertiary/aromatic N) is 1. The fraction of sp³-hybridized carbons (Fsp3) is 0.500. The van der Waals surface area contributed by atoms with Gasteiger partial charge in [0.2, 0.25) is 11.8 Å². The fourth-order valence-corrected chi connectivity index (χ4v) is 4.10. The summed E-state index contributed by atoms with van der Waals surface area (Å²) in [5, 5.41) is 1.90. The average molecular weight is 407 g/mol. The summed E-state index contributed by atoms with van der Waals surface area (Å²) in [6.45, 7) is 3.45. The molecular weight excluding hydrogens is 380 g/mol. The number of esters is 1.